The third kappa shape index (κ3) is 5.13. The molecule has 0 radical (unpaired) electrons. The second-order valence-corrected chi connectivity index (χ2v) is 9.17. The quantitative estimate of drug-likeness (QED) is 0.601. The highest BCUT2D eigenvalue weighted by atomic mass is 32.2. The van der Waals surface area contributed by atoms with Crippen LogP contribution >= 0.6 is 0 Å². The molecule has 33 heavy (non-hydrogen) atoms. The Balaban J connectivity index is 1.53. The maximum Gasteiger partial charge on any atom is 0.263 e. The van der Waals surface area contributed by atoms with Gasteiger partial charge >= 0.3 is 0 Å². The van der Waals surface area contributed by atoms with Crippen molar-refractivity contribution in [1.82, 2.24) is 4.90 Å². The van der Waals surface area contributed by atoms with Crippen molar-refractivity contribution in [2.75, 3.05) is 17.9 Å². The Morgan fingerprint density at radius 3 is 2.61 bits per heavy atom. The molecule has 1 aliphatic rings. The summed E-state index contributed by atoms with van der Waals surface area (Å²) < 4.78 is 46.9. The number of fused-ring (bicyclic) bond motifs is 1. The average molecular weight is 466 g/mol. The van der Waals surface area contributed by atoms with Gasteiger partial charge in [0.15, 0.2) is 6.61 Å². The minimum Gasteiger partial charge on any atom is -0.483 e. The van der Waals surface area contributed by atoms with Crippen molar-refractivity contribution in [1.29, 1.82) is 5.26 Å². The molecule has 168 valence electrons. The predicted octanol–water partition coefficient (Wildman–Crippen LogP) is 3.46. The molecule has 1 aliphatic heterocycles. The number of amides is 1. The predicted molar refractivity (Wildman–Crippen MR) is 119 cm³/mol. The molecule has 3 aromatic carbocycles. The van der Waals surface area contributed by atoms with E-state index in [0.29, 0.717) is 24.3 Å². The van der Waals surface area contributed by atoms with Crippen LogP contribution in [-0.4, -0.2) is 32.4 Å². The topological polar surface area (TPSA) is 99.5 Å². The zero-order valence-corrected chi connectivity index (χ0v) is 18.3. The highest BCUT2D eigenvalue weighted by molar-refractivity contribution is 7.92. The maximum absolute atomic E-state index is 13.1. The van der Waals surface area contributed by atoms with Crippen molar-refractivity contribution in [2.24, 2.45) is 0 Å². The number of benzene rings is 3. The van der Waals surface area contributed by atoms with Gasteiger partial charge in [-0.05, 0) is 54.4 Å². The first-order valence-corrected chi connectivity index (χ1v) is 11.6. The van der Waals surface area contributed by atoms with E-state index >= 15 is 0 Å². The molecule has 0 fully saturated rings. The fourth-order valence-electron chi connectivity index (χ4n) is 3.55. The smallest absolute Gasteiger partial charge is 0.263 e. The number of sulfonamides is 1. The molecule has 0 aromatic heterocycles. The molecule has 7 nitrogen and oxygen atoms in total. The summed E-state index contributed by atoms with van der Waals surface area (Å²) in [6.07, 6.45) is 0.540. The van der Waals surface area contributed by atoms with Gasteiger partial charge in [0.05, 0.1) is 5.56 Å². The lowest BCUT2D eigenvalue weighted by Gasteiger charge is -2.20. The van der Waals surface area contributed by atoms with Crippen LogP contribution in [0.4, 0.5) is 10.1 Å². The van der Waals surface area contributed by atoms with Crippen LogP contribution in [0.15, 0.2) is 71.6 Å². The van der Waals surface area contributed by atoms with Crippen LogP contribution in [0.1, 0.15) is 16.7 Å². The highest BCUT2D eigenvalue weighted by Crippen LogP contribution is 2.28. The van der Waals surface area contributed by atoms with Crippen LogP contribution in [0, 0.1) is 17.1 Å². The molecule has 0 bridgehead atoms. The van der Waals surface area contributed by atoms with Crippen LogP contribution in [0.25, 0.3) is 0 Å². The van der Waals surface area contributed by atoms with Gasteiger partial charge in [0.25, 0.3) is 15.9 Å². The molecule has 0 saturated carbocycles. The van der Waals surface area contributed by atoms with Gasteiger partial charge in [-0.3, -0.25) is 9.52 Å². The number of nitrogens with one attached hydrogen (secondary N) is 1. The van der Waals surface area contributed by atoms with Gasteiger partial charge < -0.3 is 9.64 Å². The molecular formula is C24H20FN3O4S. The standard InChI is InChI=1S/C24H20FN3O4S/c25-20-7-5-17(6-8-20)11-12-28-15-19-13-21(9-10-22(19)32-16-24(28)29)27-33(30,31)23-4-2-1-3-18(23)14-26/h1-10,13,27H,11-12,15-16H2. The summed E-state index contributed by atoms with van der Waals surface area (Å²) in [6.45, 7) is 0.509. The summed E-state index contributed by atoms with van der Waals surface area (Å²) in [5.74, 6) is -0.0225. The number of hydrogen-bond donors (Lipinski definition) is 1. The number of carbonyl (C=O) groups excluding carboxylic acids is 1. The van der Waals surface area contributed by atoms with Gasteiger partial charge in [0, 0.05) is 24.3 Å². The first-order chi connectivity index (χ1) is 15.9. The first kappa shape index (κ1) is 22.3. The lowest BCUT2D eigenvalue weighted by molar-refractivity contribution is -0.133. The molecular weight excluding hydrogens is 445 g/mol. The van der Waals surface area contributed by atoms with Crippen LogP contribution in [0.5, 0.6) is 5.75 Å². The number of hydrogen-bond acceptors (Lipinski definition) is 5. The van der Waals surface area contributed by atoms with Crippen molar-refractivity contribution >= 4 is 21.6 Å². The number of anilines is 1. The minimum atomic E-state index is -3.99. The largest absolute Gasteiger partial charge is 0.483 e. The molecule has 0 saturated heterocycles. The second kappa shape index (κ2) is 9.30. The van der Waals surface area contributed by atoms with Crippen molar-refractivity contribution in [3.05, 3.63) is 89.2 Å². The number of halogens is 1. The zero-order valence-electron chi connectivity index (χ0n) is 17.5. The van der Waals surface area contributed by atoms with E-state index in [1.807, 2.05) is 6.07 Å². The maximum atomic E-state index is 13.1. The Hall–Kier alpha value is -3.90. The Kier molecular flexibility index (Phi) is 6.29. The fraction of sp³-hybridized carbons (Fsp3) is 0.167. The summed E-state index contributed by atoms with van der Waals surface area (Å²) in [6, 6.07) is 18.7. The molecule has 9 heteroatoms. The third-order valence-electron chi connectivity index (χ3n) is 5.26. The summed E-state index contributed by atoms with van der Waals surface area (Å²) in [5.41, 5.74) is 1.87. The Labute approximate surface area is 191 Å². The molecule has 0 unspecified atom stereocenters. The monoisotopic (exact) mass is 465 g/mol. The average Bonchev–Trinajstić information content (AvgIpc) is 2.96. The molecule has 1 heterocycles. The normalized spacial score (nSPS) is 13.5. The first-order valence-electron chi connectivity index (χ1n) is 10.2. The van der Waals surface area contributed by atoms with Crippen LogP contribution in [0.3, 0.4) is 0 Å². The Morgan fingerprint density at radius 1 is 1.09 bits per heavy atom. The molecule has 0 aliphatic carbocycles. The summed E-state index contributed by atoms with van der Waals surface area (Å²) >= 11 is 0. The van der Waals surface area contributed by atoms with E-state index in [9.17, 15) is 22.9 Å². The fourth-order valence-corrected chi connectivity index (χ4v) is 4.76. The van der Waals surface area contributed by atoms with Gasteiger partial charge in [-0.15, -0.1) is 0 Å². The van der Waals surface area contributed by atoms with Crippen molar-refractivity contribution in [2.45, 2.75) is 17.9 Å². The van der Waals surface area contributed by atoms with Crippen LogP contribution < -0.4 is 9.46 Å². The lowest BCUT2D eigenvalue weighted by atomic mass is 10.1. The third-order valence-corrected chi connectivity index (χ3v) is 6.70. The Morgan fingerprint density at radius 2 is 1.85 bits per heavy atom. The number of rotatable bonds is 6. The number of ether oxygens (including phenoxy) is 1. The SMILES string of the molecule is N#Cc1ccccc1S(=O)(=O)Nc1ccc2c(c1)CN(CCc1ccc(F)cc1)C(=O)CO2. The second-order valence-electron chi connectivity index (χ2n) is 7.52. The van der Waals surface area contributed by atoms with Gasteiger partial charge in [-0.2, -0.15) is 5.26 Å². The summed E-state index contributed by atoms with van der Waals surface area (Å²) in [4.78, 5) is 14.0. The Bertz CT molecular complexity index is 1330. The zero-order chi connectivity index (χ0) is 23.4. The lowest BCUT2D eigenvalue weighted by Crippen LogP contribution is -2.34. The number of carbonyl (C=O) groups is 1. The van der Waals surface area contributed by atoms with Gasteiger partial charge in [-0.25, -0.2) is 12.8 Å². The van der Waals surface area contributed by atoms with E-state index in [2.05, 4.69) is 4.72 Å². The van der Waals surface area contributed by atoms with Gasteiger partial charge in [0.1, 0.15) is 22.5 Å². The van der Waals surface area contributed by atoms with E-state index in [-0.39, 0.29) is 41.0 Å². The number of nitrogens with zero attached hydrogens (tertiary/aromatic N) is 2. The van der Waals surface area contributed by atoms with Crippen LogP contribution in [0.2, 0.25) is 0 Å². The molecule has 1 amide bonds. The van der Waals surface area contributed by atoms with Crippen LogP contribution in [-0.2, 0) is 27.8 Å². The molecule has 1 N–H and O–H groups in total. The summed E-state index contributed by atoms with van der Waals surface area (Å²) in [5, 5.41) is 9.22. The van der Waals surface area contributed by atoms with E-state index in [4.69, 9.17) is 4.74 Å². The van der Waals surface area contributed by atoms with E-state index in [1.165, 1.54) is 24.3 Å². The highest BCUT2D eigenvalue weighted by Gasteiger charge is 2.23. The number of nitriles is 1. The summed E-state index contributed by atoms with van der Waals surface area (Å²) in [7, 11) is -3.99. The molecule has 0 atom stereocenters. The van der Waals surface area contributed by atoms with Crippen molar-refractivity contribution < 1.29 is 22.3 Å². The molecule has 0 spiro atoms. The van der Waals surface area contributed by atoms with Crippen molar-refractivity contribution in [3.63, 3.8) is 0 Å². The van der Waals surface area contributed by atoms with E-state index < -0.39 is 10.0 Å². The molecule has 4 rings (SSSR count). The molecule has 3 aromatic rings. The van der Waals surface area contributed by atoms with Crippen molar-refractivity contribution in [3.8, 4) is 11.8 Å². The van der Waals surface area contributed by atoms with E-state index in [0.717, 1.165) is 5.56 Å². The van der Waals surface area contributed by atoms with Gasteiger partial charge in [-0.1, -0.05) is 24.3 Å². The minimum absolute atomic E-state index is 0.0423. The van der Waals surface area contributed by atoms with Gasteiger partial charge in [0.2, 0.25) is 0 Å². The van der Waals surface area contributed by atoms with E-state index in [1.54, 1.807) is 47.4 Å².